The van der Waals surface area contributed by atoms with Gasteiger partial charge in [0.2, 0.25) is 0 Å². The van der Waals surface area contributed by atoms with Gasteiger partial charge in [0.15, 0.2) is 17.5 Å². The fraction of sp³-hybridized carbons (Fsp3) is 0.632. The molecule has 0 saturated carbocycles. The second-order valence-corrected chi connectivity index (χ2v) is 7.26. The van der Waals surface area contributed by atoms with Gasteiger partial charge in [0, 0.05) is 31.6 Å². The molecule has 138 valence electrons. The Balaban J connectivity index is 1.57. The summed E-state index contributed by atoms with van der Waals surface area (Å²) in [6, 6.07) is 6.06. The summed E-state index contributed by atoms with van der Waals surface area (Å²) >= 11 is 0. The molecule has 2 aliphatic rings. The number of β-amino-alcohol motifs (C(OH)–C–C–N with tert-alkyl or cyclic N) is 1. The smallest absolute Gasteiger partial charge is 0.194 e. The van der Waals surface area contributed by atoms with Crippen molar-refractivity contribution >= 4 is 5.96 Å². The van der Waals surface area contributed by atoms with Crippen LogP contribution >= 0.6 is 0 Å². The monoisotopic (exact) mass is 347 g/mol. The second kappa shape index (κ2) is 7.52. The number of aliphatic hydroxyl groups excluding tert-OH is 1. The Kier molecular flexibility index (Phi) is 5.37. The lowest BCUT2D eigenvalue weighted by Crippen LogP contribution is -2.40. The Morgan fingerprint density at radius 1 is 1.48 bits per heavy atom. The van der Waals surface area contributed by atoms with Crippen molar-refractivity contribution in [2.75, 3.05) is 32.8 Å². The molecule has 0 spiro atoms. The molecule has 25 heavy (non-hydrogen) atoms. The molecule has 2 aliphatic heterocycles. The highest BCUT2D eigenvalue weighted by Crippen LogP contribution is 2.41. The first-order chi connectivity index (χ1) is 12.0. The molecule has 1 fully saturated rings. The van der Waals surface area contributed by atoms with Gasteiger partial charge in [-0.2, -0.15) is 0 Å². The van der Waals surface area contributed by atoms with Crippen molar-refractivity contribution in [3.63, 3.8) is 0 Å². The topological polar surface area (TPSA) is 66.3 Å². The van der Waals surface area contributed by atoms with Crippen molar-refractivity contribution in [3.05, 3.63) is 23.8 Å². The summed E-state index contributed by atoms with van der Waals surface area (Å²) in [7, 11) is 0. The first-order valence-corrected chi connectivity index (χ1v) is 9.13. The highest BCUT2D eigenvalue weighted by atomic mass is 16.5. The third-order valence-electron chi connectivity index (χ3n) is 4.46. The van der Waals surface area contributed by atoms with Crippen molar-refractivity contribution in [3.8, 4) is 11.5 Å². The van der Waals surface area contributed by atoms with E-state index in [2.05, 4.69) is 35.1 Å². The Hall–Kier alpha value is -1.95. The lowest BCUT2D eigenvalue weighted by atomic mass is 10.0. The summed E-state index contributed by atoms with van der Waals surface area (Å²) in [6.45, 7) is 9.56. The SMILES string of the molecule is CCNC(=NCCOc1cccc2c1OC(C)(C)C2)N1CC[C@@H](O)C1. The molecule has 0 amide bonds. The van der Waals surface area contributed by atoms with Crippen LogP contribution in [0.4, 0.5) is 0 Å². The van der Waals surface area contributed by atoms with Gasteiger partial charge >= 0.3 is 0 Å². The Labute approximate surface area is 149 Å². The van der Waals surface area contributed by atoms with Crippen molar-refractivity contribution in [2.45, 2.75) is 45.3 Å². The lowest BCUT2D eigenvalue weighted by Gasteiger charge is -2.21. The number of para-hydroxylation sites is 1. The van der Waals surface area contributed by atoms with Crippen LogP contribution in [0.5, 0.6) is 11.5 Å². The molecule has 0 aliphatic carbocycles. The van der Waals surface area contributed by atoms with Crippen LogP contribution < -0.4 is 14.8 Å². The minimum Gasteiger partial charge on any atom is -0.488 e. The highest BCUT2D eigenvalue weighted by molar-refractivity contribution is 5.80. The number of nitrogens with one attached hydrogen (secondary N) is 1. The van der Waals surface area contributed by atoms with Crippen molar-refractivity contribution in [1.29, 1.82) is 0 Å². The number of hydrogen-bond acceptors (Lipinski definition) is 4. The van der Waals surface area contributed by atoms with E-state index in [4.69, 9.17) is 9.47 Å². The van der Waals surface area contributed by atoms with Crippen LogP contribution in [0.1, 0.15) is 32.8 Å². The molecular weight excluding hydrogens is 318 g/mol. The van der Waals surface area contributed by atoms with E-state index in [0.29, 0.717) is 19.7 Å². The first-order valence-electron chi connectivity index (χ1n) is 9.13. The number of hydrogen-bond donors (Lipinski definition) is 2. The standard InChI is InChI=1S/C19H29N3O3/c1-4-20-18(22-10-8-15(23)13-22)21-9-11-24-16-7-5-6-14-12-19(2,3)25-17(14)16/h5-7,15,23H,4,8-13H2,1-3H3,(H,20,21)/t15-/m1/s1. The predicted molar refractivity (Wildman–Crippen MR) is 98.5 cm³/mol. The van der Waals surface area contributed by atoms with Gasteiger partial charge in [0.1, 0.15) is 12.2 Å². The largest absolute Gasteiger partial charge is 0.488 e. The molecule has 1 atom stereocenters. The summed E-state index contributed by atoms with van der Waals surface area (Å²) in [5.74, 6) is 2.50. The molecule has 6 heteroatoms. The molecule has 2 N–H and O–H groups in total. The Morgan fingerprint density at radius 3 is 3.04 bits per heavy atom. The van der Waals surface area contributed by atoms with Crippen molar-refractivity contribution in [1.82, 2.24) is 10.2 Å². The Morgan fingerprint density at radius 2 is 2.32 bits per heavy atom. The molecule has 1 aromatic carbocycles. The predicted octanol–water partition coefficient (Wildman–Crippen LogP) is 1.81. The van der Waals surface area contributed by atoms with Crippen LogP contribution in [0, 0.1) is 0 Å². The maximum atomic E-state index is 9.71. The van der Waals surface area contributed by atoms with Crippen LogP contribution in [-0.4, -0.2) is 60.5 Å². The zero-order valence-corrected chi connectivity index (χ0v) is 15.4. The van der Waals surface area contributed by atoms with E-state index in [1.807, 2.05) is 19.1 Å². The first kappa shape index (κ1) is 17.9. The fourth-order valence-corrected chi connectivity index (χ4v) is 3.37. The summed E-state index contributed by atoms with van der Waals surface area (Å²) < 4.78 is 12.0. The molecule has 0 bridgehead atoms. The quantitative estimate of drug-likeness (QED) is 0.483. The zero-order chi connectivity index (χ0) is 17.9. The Bertz CT molecular complexity index is 630. The maximum absolute atomic E-state index is 9.71. The molecule has 1 saturated heterocycles. The minimum atomic E-state index is -0.257. The third kappa shape index (κ3) is 4.37. The number of ether oxygens (including phenoxy) is 2. The molecule has 1 aromatic rings. The van der Waals surface area contributed by atoms with Gasteiger partial charge in [0.25, 0.3) is 0 Å². The van der Waals surface area contributed by atoms with Gasteiger partial charge in [-0.15, -0.1) is 0 Å². The fourth-order valence-electron chi connectivity index (χ4n) is 3.37. The average Bonchev–Trinajstić information content (AvgIpc) is 3.12. The van der Waals surface area contributed by atoms with E-state index in [9.17, 15) is 5.11 Å². The van der Waals surface area contributed by atoms with Crippen molar-refractivity contribution < 1.29 is 14.6 Å². The van der Waals surface area contributed by atoms with Crippen LogP contribution in [0.3, 0.4) is 0 Å². The van der Waals surface area contributed by atoms with E-state index in [-0.39, 0.29) is 11.7 Å². The number of nitrogens with zero attached hydrogens (tertiary/aromatic N) is 2. The number of rotatable bonds is 5. The van der Waals surface area contributed by atoms with Crippen LogP contribution in [0.15, 0.2) is 23.2 Å². The highest BCUT2D eigenvalue weighted by Gasteiger charge is 2.32. The normalized spacial score (nSPS) is 21.8. The summed E-state index contributed by atoms with van der Waals surface area (Å²) in [6.07, 6.45) is 1.44. The number of guanidine groups is 1. The van der Waals surface area contributed by atoms with Crippen molar-refractivity contribution in [2.24, 2.45) is 4.99 Å². The minimum absolute atomic E-state index is 0.172. The van der Waals surface area contributed by atoms with Crippen LogP contribution in [0.2, 0.25) is 0 Å². The van der Waals surface area contributed by atoms with Gasteiger partial charge in [-0.1, -0.05) is 12.1 Å². The lowest BCUT2D eigenvalue weighted by molar-refractivity contribution is 0.132. The zero-order valence-electron chi connectivity index (χ0n) is 15.4. The van der Waals surface area contributed by atoms with Crippen LogP contribution in [0.25, 0.3) is 0 Å². The average molecular weight is 347 g/mol. The maximum Gasteiger partial charge on any atom is 0.194 e. The van der Waals surface area contributed by atoms with Gasteiger partial charge in [-0.3, -0.25) is 0 Å². The molecule has 0 unspecified atom stereocenters. The van der Waals surface area contributed by atoms with Crippen LogP contribution in [-0.2, 0) is 6.42 Å². The summed E-state index contributed by atoms with van der Waals surface area (Å²) in [5, 5.41) is 13.0. The molecule has 0 aromatic heterocycles. The number of fused-ring (bicyclic) bond motifs is 1. The summed E-state index contributed by atoms with van der Waals surface area (Å²) in [5.41, 5.74) is 1.03. The number of aliphatic imine (C=N–C) groups is 1. The van der Waals surface area contributed by atoms with E-state index < -0.39 is 0 Å². The molecule has 3 rings (SSSR count). The van der Waals surface area contributed by atoms with Gasteiger partial charge in [-0.25, -0.2) is 4.99 Å². The number of likely N-dealkylation sites (tertiary alicyclic amines) is 1. The molecule has 6 nitrogen and oxygen atoms in total. The van der Waals surface area contributed by atoms with E-state index in [1.54, 1.807) is 0 Å². The molecule has 2 heterocycles. The van der Waals surface area contributed by atoms with Gasteiger partial charge in [0.05, 0.1) is 12.6 Å². The number of benzene rings is 1. The van der Waals surface area contributed by atoms with E-state index in [0.717, 1.165) is 43.4 Å². The molecular formula is C19H29N3O3. The van der Waals surface area contributed by atoms with E-state index >= 15 is 0 Å². The van der Waals surface area contributed by atoms with Gasteiger partial charge in [-0.05, 0) is 33.3 Å². The number of aliphatic hydroxyl groups is 1. The summed E-state index contributed by atoms with van der Waals surface area (Å²) in [4.78, 5) is 6.72. The van der Waals surface area contributed by atoms with E-state index in [1.165, 1.54) is 5.56 Å². The third-order valence-corrected chi connectivity index (χ3v) is 4.46. The van der Waals surface area contributed by atoms with Gasteiger partial charge < -0.3 is 24.8 Å². The second-order valence-electron chi connectivity index (χ2n) is 7.26. The molecule has 0 radical (unpaired) electrons.